The number of rotatable bonds is 3. The van der Waals surface area contributed by atoms with Crippen molar-refractivity contribution < 1.29 is 4.79 Å². The predicted molar refractivity (Wildman–Crippen MR) is 48.5 cm³/mol. The van der Waals surface area contributed by atoms with E-state index in [1.54, 1.807) is 6.20 Å². The molecule has 1 amide bonds. The van der Waals surface area contributed by atoms with Crippen molar-refractivity contribution in [1.29, 1.82) is 0 Å². The van der Waals surface area contributed by atoms with Gasteiger partial charge >= 0.3 is 0 Å². The second-order valence-corrected chi connectivity index (χ2v) is 2.91. The third-order valence-corrected chi connectivity index (χ3v) is 1.78. The molecule has 0 saturated heterocycles. The van der Waals surface area contributed by atoms with E-state index in [0.717, 1.165) is 0 Å². The van der Waals surface area contributed by atoms with Gasteiger partial charge in [0.15, 0.2) is 0 Å². The lowest BCUT2D eigenvalue weighted by Crippen LogP contribution is -2.21. The van der Waals surface area contributed by atoms with Gasteiger partial charge in [0.1, 0.15) is 0 Å². The lowest BCUT2D eigenvalue weighted by atomic mass is 10.1. The zero-order chi connectivity index (χ0) is 8.97. The molecule has 2 N–H and O–H groups in total. The predicted octanol–water partition coefficient (Wildman–Crippen LogP) is 0.814. The topological polar surface area (TPSA) is 46.3 Å². The van der Waals surface area contributed by atoms with Crippen LogP contribution in [0.1, 0.15) is 6.42 Å². The average Bonchev–Trinajstić information content (AvgIpc) is 2.05. The molecular weight excluding hydrogens is 176 g/mol. The zero-order valence-electron chi connectivity index (χ0n) is 6.66. The Hall–Kier alpha value is -0.960. The minimum atomic E-state index is -0.362. The number of primary amides is 1. The first kappa shape index (κ1) is 9.13. The maximum Gasteiger partial charge on any atom is 0.246 e. The van der Waals surface area contributed by atoms with Gasteiger partial charge in [-0.25, -0.2) is 0 Å². The van der Waals surface area contributed by atoms with E-state index in [9.17, 15) is 4.79 Å². The molecule has 4 heteroatoms. The summed E-state index contributed by atoms with van der Waals surface area (Å²) in [6.07, 6.45) is 6.15. The van der Waals surface area contributed by atoms with E-state index in [4.69, 9.17) is 17.3 Å². The van der Waals surface area contributed by atoms with E-state index in [0.29, 0.717) is 24.4 Å². The van der Waals surface area contributed by atoms with Gasteiger partial charge in [-0.15, -0.1) is 11.6 Å². The van der Waals surface area contributed by atoms with Crippen LogP contribution < -0.4 is 5.73 Å². The third-order valence-electron chi connectivity index (χ3n) is 1.62. The van der Waals surface area contributed by atoms with Gasteiger partial charge in [0.25, 0.3) is 0 Å². The van der Waals surface area contributed by atoms with Crippen LogP contribution in [0.4, 0.5) is 0 Å². The molecule has 0 fully saturated rings. The highest BCUT2D eigenvalue weighted by molar-refractivity contribution is 6.18. The summed E-state index contributed by atoms with van der Waals surface area (Å²) in [5.41, 5.74) is 5.75. The smallest absolute Gasteiger partial charge is 0.246 e. The summed E-state index contributed by atoms with van der Waals surface area (Å²) in [5, 5.41) is 0. The number of carbonyl (C=O) groups excluding carboxylic acids is 1. The Labute approximate surface area is 76.5 Å². The van der Waals surface area contributed by atoms with Gasteiger partial charge in [0, 0.05) is 24.2 Å². The van der Waals surface area contributed by atoms with Crippen molar-refractivity contribution in [3.8, 4) is 0 Å². The van der Waals surface area contributed by atoms with Gasteiger partial charge in [0.2, 0.25) is 5.91 Å². The molecule has 12 heavy (non-hydrogen) atoms. The van der Waals surface area contributed by atoms with Gasteiger partial charge in [-0.3, -0.25) is 4.79 Å². The Bertz CT molecular complexity index is 235. The molecule has 1 aliphatic heterocycles. The summed E-state index contributed by atoms with van der Waals surface area (Å²) < 4.78 is 0. The van der Waals surface area contributed by atoms with Crippen LogP contribution in [0.25, 0.3) is 0 Å². The monoisotopic (exact) mass is 186 g/mol. The van der Waals surface area contributed by atoms with Gasteiger partial charge in [-0.2, -0.15) is 0 Å². The molecule has 0 aliphatic carbocycles. The summed E-state index contributed by atoms with van der Waals surface area (Å²) >= 11 is 5.54. The summed E-state index contributed by atoms with van der Waals surface area (Å²) in [6.45, 7) is 0.703. The third kappa shape index (κ3) is 2.27. The maximum absolute atomic E-state index is 10.8. The van der Waals surface area contributed by atoms with Gasteiger partial charge in [-0.1, -0.05) is 6.08 Å². The standard InChI is InChI=1S/C8H11ClN2O/c9-3-5-11-4-1-2-7(6-11)8(10)12/h1,4,6H,2-3,5H2,(H2,10,12). The van der Waals surface area contributed by atoms with Crippen molar-refractivity contribution in [3.63, 3.8) is 0 Å². The Balaban J connectivity index is 2.61. The van der Waals surface area contributed by atoms with Crippen LogP contribution in [0, 0.1) is 0 Å². The molecule has 1 aliphatic rings. The summed E-state index contributed by atoms with van der Waals surface area (Å²) in [4.78, 5) is 12.6. The average molecular weight is 187 g/mol. The first-order chi connectivity index (χ1) is 5.74. The molecule has 0 unspecified atom stereocenters. The van der Waals surface area contributed by atoms with Gasteiger partial charge in [-0.05, 0) is 12.6 Å². The van der Waals surface area contributed by atoms with Crippen LogP contribution in [0.15, 0.2) is 24.0 Å². The molecule has 0 atom stereocenters. The fourth-order valence-corrected chi connectivity index (χ4v) is 1.21. The number of carbonyl (C=O) groups is 1. The maximum atomic E-state index is 10.8. The van der Waals surface area contributed by atoms with Crippen molar-refractivity contribution in [3.05, 3.63) is 24.0 Å². The van der Waals surface area contributed by atoms with Crippen molar-refractivity contribution in [2.45, 2.75) is 6.42 Å². The van der Waals surface area contributed by atoms with Gasteiger partial charge in [0.05, 0.1) is 0 Å². The molecule has 1 heterocycles. The lowest BCUT2D eigenvalue weighted by Gasteiger charge is -2.18. The summed E-state index contributed by atoms with van der Waals surface area (Å²) in [7, 11) is 0. The highest BCUT2D eigenvalue weighted by Gasteiger charge is 2.08. The van der Waals surface area contributed by atoms with E-state index < -0.39 is 0 Å². The van der Waals surface area contributed by atoms with E-state index in [1.165, 1.54) is 0 Å². The number of hydrogen-bond acceptors (Lipinski definition) is 2. The number of halogens is 1. The Morgan fingerprint density at radius 2 is 2.50 bits per heavy atom. The van der Waals surface area contributed by atoms with Crippen LogP contribution in [0.2, 0.25) is 0 Å². The SMILES string of the molecule is NC(=O)C1=CN(CCCl)C=CC1. The fraction of sp³-hybridized carbons (Fsp3) is 0.375. The molecule has 1 rings (SSSR count). The van der Waals surface area contributed by atoms with E-state index >= 15 is 0 Å². The molecule has 0 bridgehead atoms. The first-order valence-corrected chi connectivity index (χ1v) is 4.26. The second-order valence-electron chi connectivity index (χ2n) is 2.53. The molecule has 0 saturated carbocycles. The van der Waals surface area contributed by atoms with Crippen molar-refractivity contribution >= 4 is 17.5 Å². The normalized spacial score (nSPS) is 16.1. The Kier molecular flexibility index (Phi) is 3.17. The molecular formula is C8H11ClN2O. The Morgan fingerprint density at radius 3 is 3.08 bits per heavy atom. The number of nitrogens with zero attached hydrogens (tertiary/aromatic N) is 1. The van der Waals surface area contributed by atoms with E-state index in [1.807, 2.05) is 17.2 Å². The zero-order valence-corrected chi connectivity index (χ0v) is 7.42. The number of allylic oxidation sites excluding steroid dienone is 1. The molecule has 3 nitrogen and oxygen atoms in total. The number of amides is 1. The van der Waals surface area contributed by atoms with Crippen LogP contribution in [0.5, 0.6) is 0 Å². The highest BCUT2D eigenvalue weighted by Crippen LogP contribution is 2.10. The van der Waals surface area contributed by atoms with E-state index in [-0.39, 0.29) is 5.91 Å². The molecule has 0 aromatic rings. The van der Waals surface area contributed by atoms with Crippen molar-refractivity contribution in [2.24, 2.45) is 5.73 Å². The van der Waals surface area contributed by atoms with E-state index in [2.05, 4.69) is 0 Å². The minimum Gasteiger partial charge on any atom is -0.366 e. The molecule has 0 spiro atoms. The van der Waals surface area contributed by atoms with Gasteiger partial charge < -0.3 is 10.6 Å². The summed E-state index contributed by atoms with van der Waals surface area (Å²) in [5.74, 6) is 0.172. The van der Waals surface area contributed by atoms with Crippen LogP contribution in [-0.4, -0.2) is 23.2 Å². The molecule has 66 valence electrons. The Morgan fingerprint density at radius 1 is 1.75 bits per heavy atom. The largest absolute Gasteiger partial charge is 0.366 e. The molecule has 0 radical (unpaired) electrons. The summed E-state index contributed by atoms with van der Waals surface area (Å²) in [6, 6.07) is 0. The van der Waals surface area contributed by atoms with Crippen molar-refractivity contribution in [1.82, 2.24) is 4.90 Å². The van der Waals surface area contributed by atoms with Crippen molar-refractivity contribution in [2.75, 3.05) is 12.4 Å². The lowest BCUT2D eigenvalue weighted by molar-refractivity contribution is -0.114. The number of alkyl halides is 1. The van der Waals surface area contributed by atoms with Crippen LogP contribution in [0.3, 0.4) is 0 Å². The minimum absolute atomic E-state index is 0.362. The quantitative estimate of drug-likeness (QED) is 0.664. The molecule has 0 aromatic heterocycles. The van der Waals surface area contributed by atoms with Crippen LogP contribution in [-0.2, 0) is 4.79 Å². The highest BCUT2D eigenvalue weighted by atomic mass is 35.5. The molecule has 0 aromatic carbocycles. The van der Waals surface area contributed by atoms with Crippen LogP contribution >= 0.6 is 11.6 Å². The fourth-order valence-electron chi connectivity index (χ4n) is 1.01. The first-order valence-electron chi connectivity index (χ1n) is 3.73. The number of hydrogen-bond donors (Lipinski definition) is 1. The second kappa shape index (κ2) is 4.16. The number of nitrogens with two attached hydrogens (primary N) is 1.